The lowest BCUT2D eigenvalue weighted by atomic mass is 10.2. The van der Waals surface area contributed by atoms with Gasteiger partial charge in [-0.3, -0.25) is 9.36 Å². The van der Waals surface area contributed by atoms with Crippen LogP contribution in [0.5, 0.6) is 5.75 Å². The molecule has 0 fully saturated rings. The van der Waals surface area contributed by atoms with Crippen LogP contribution in [-0.4, -0.2) is 14.7 Å². The van der Waals surface area contributed by atoms with E-state index in [2.05, 4.69) is 4.98 Å². The van der Waals surface area contributed by atoms with Crippen LogP contribution >= 0.6 is 0 Å². The first-order valence-electron chi connectivity index (χ1n) is 5.45. The quantitative estimate of drug-likeness (QED) is 0.815. The molecule has 0 amide bonds. The first kappa shape index (κ1) is 11.4. The van der Waals surface area contributed by atoms with E-state index in [0.29, 0.717) is 17.4 Å². The van der Waals surface area contributed by atoms with Crippen LogP contribution in [0.25, 0.3) is 10.9 Å². The number of hydrogen-bond donors (Lipinski definition) is 2. The Morgan fingerprint density at radius 1 is 1.35 bits per heavy atom. The number of hydrogen-bond acceptors (Lipinski definition) is 3. The van der Waals surface area contributed by atoms with Gasteiger partial charge in [0, 0.05) is 6.54 Å². The molecule has 2 aromatic rings. The van der Waals surface area contributed by atoms with Gasteiger partial charge >= 0.3 is 5.69 Å². The highest BCUT2D eigenvalue weighted by Gasteiger charge is 2.09. The minimum absolute atomic E-state index is 0.0118. The molecular formula is C12H14N2O3. The average Bonchev–Trinajstić information content (AvgIpc) is 2.25. The molecule has 0 unspecified atom stereocenters. The number of benzene rings is 1. The van der Waals surface area contributed by atoms with Gasteiger partial charge in [0.15, 0.2) is 0 Å². The van der Waals surface area contributed by atoms with Crippen molar-refractivity contribution in [1.29, 1.82) is 0 Å². The van der Waals surface area contributed by atoms with Crippen LogP contribution in [0, 0.1) is 5.92 Å². The monoisotopic (exact) mass is 234 g/mol. The molecule has 0 saturated heterocycles. The maximum Gasteiger partial charge on any atom is 0.328 e. The van der Waals surface area contributed by atoms with Crippen LogP contribution in [-0.2, 0) is 6.54 Å². The molecule has 0 saturated carbocycles. The number of H-pyrrole nitrogens is 1. The van der Waals surface area contributed by atoms with E-state index < -0.39 is 5.69 Å². The predicted octanol–water partition coefficient (Wildman–Crippen LogP) is 1.05. The lowest BCUT2D eigenvalue weighted by Gasteiger charge is -2.08. The number of nitrogens with one attached hydrogen (secondary N) is 1. The summed E-state index contributed by atoms with van der Waals surface area (Å²) in [6.07, 6.45) is 0. The van der Waals surface area contributed by atoms with E-state index in [1.54, 1.807) is 0 Å². The van der Waals surface area contributed by atoms with Gasteiger partial charge < -0.3 is 10.1 Å². The summed E-state index contributed by atoms with van der Waals surface area (Å²) in [4.78, 5) is 26.4. The normalized spacial score (nSPS) is 11.2. The number of phenols is 1. The molecule has 0 radical (unpaired) electrons. The van der Waals surface area contributed by atoms with Crippen molar-refractivity contribution in [1.82, 2.24) is 9.55 Å². The molecule has 2 N–H and O–H groups in total. The Hall–Kier alpha value is -2.04. The molecular weight excluding hydrogens is 220 g/mol. The molecule has 1 aromatic heterocycles. The van der Waals surface area contributed by atoms with Gasteiger partial charge in [-0.2, -0.15) is 0 Å². The Bertz CT molecular complexity index is 667. The molecule has 0 aliphatic rings. The zero-order valence-electron chi connectivity index (χ0n) is 9.73. The first-order valence-corrected chi connectivity index (χ1v) is 5.45. The second kappa shape index (κ2) is 4.08. The third kappa shape index (κ3) is 2.08. The SMILES string of the molecule is CC(C)Cn1c(=O)[nH]c2ccc(O)cc2c1=O. The number of aromatic amines is 1. The molecule has 5 heteroatoms. The number of fused-ring (bicyclic) bond motifs is 1. The van der Waals surface area contributed by atoms with Gasteiger partial charge in [0.05, 0.1) is 10.9 Å². The Kier molecular flexibility index (Phi) is 2.75. The van der Waals surface area contributed by atoms with Crippen molar-refractivity contribution < 1.29 is 5.11 Å². The summed E-state index contributed by atoms with van der Waals surface area (Å²) in [6, 6.07) is 4.32. The van der Waals surface area contributed by atoms with Gasteiger partial charge in [0.2, 0.25) is 0 Å². The Labute approximate surface area is 97.3 Å². The van der Waals surface area contributed by atoms with E-state index in [-0.39, 0.29) is 17.2 Å². The predicted molar refractivity (Wildman–Crippen MR) is 65.3 cm³/mol. The van der Waals surface area contributed by atoms with E-state index in [9.17, 15) is 14.7 Å². The largest absolute Gasteiger partial charge is 0.508 e. The fourth-order valence-corrected chi connectivity index (χ4v) is 1.77. The Balaban J connectivity index is 2.78. The van der Waals surface area contributed by atoms with E-state index in [0.717, 1.165) is 4.57 Å². The molecule has 0 bridgehead atoms. The lowest BCUT2D eigenvalue weighted by molar-refractivity contribution is 0.475. The summed E-state index contributed by atoms with van der Waals surface area (Å²) in [5, 5.41) is 9.68. The molecule has 2 rings (SSSR count). The summed E-state index contributed by atoms with van der Waals surface area (Å²) in [5.41, 5.74) is -0.340. The Morgan fingerprint density at radius 3 is 2.71 bits per heavy atom. The number of nitrogens with zero attached hydrogens (tertiary/aromatic N) is 1. The van der Waals surface area contributed by atoms with Gasteiger partial charge in [-0.05, 0) is 24.1 Å². The van der Waals surface area contributed by atoms with Crippen molar-refractivity contribution in [3.8, 4) is 5.75 Å². The van der Waals surface area contributed by atoms with Crippen LogP contribution in [0.3, 0.4) is 0 Å². The minimum Gasteiger partial charge on any atom is -0.508 e. The van der Waals surface area contributed by atoms with Gasteiger partial charge in [0.25, 0.3) is 5.56 Å². The second-order valence-corrected chi connectivity index (χ2v) is 4.47. The standard InChI is InChI=1S/C12H14N2O3/c1-7(2)6-14-11(16)9-5-8(15)3-4-10(9)13-12(14)17/h3-5,7,15H,6H2,1-2H3,(H,13,17). The average molecular weight is 234 g/mol. The molecule has 0 aliphatic heterocycles. The number of aromatic hydroxyl groups is 1. The second-order valence-electron chi connectivity index (χ2n) is 4.47. The van der Waals surface area contributed by atoms with Gasteiger partial charge in [-0.1, -0.05) is 13.8 Å². The van der Waals surface area contributed by atoms with Crippen molar-refractivity contribution in [2.45, 2.75) is 20.4 Å². The highest BCUT2D eigenvalue weighted by molar-refractivity contribution is 5.78. The van der Waals surface area contributed by atoms with Crippen molar-refractivity contribution in [2.24, 2.45) is 5.92 Å². The summed E-state index contributed by atoms with van der Waals surface area (Å²) in [5.74, 6) is 0.210. The van der Waals surface area contributed by atoms with E-state index in [4.69, 9.17) is 0 Å². The highest BCUT2D eigenvalue weighted by Crippen LogP contribution is 2.13. The molecule has 0 atom stereocenters. The molecule has 0 spiro atoms. The van der Waals surface area contributed by atoms with Gasteiger partial charge in [-0.25, -0.2) is 4.79 Å². The van der Waals surface area contributed by atoms with Crippen LogP contribution in [0.4, 0.5) is 0 Å². The third-order valence-electron chi connectivity index (χ3n) is 2.51. The number of rotatable bonds is 2. The van der Waals surface area contributed by atoms with Crippen molar-refractivity contribution in [2.75, 3.05) is 0 Å². The molecule has 1 heterocycles. The Morgan fingerprint density at radius 2 is 2.06 bits per heavy atom. The molecule has 0 aliphatic carbocycles. The maximum atomic E-state index is 12.1. The van der Waals surface area contributed by atoms with Crippen molar-refractivity contribution >= 4 is 10.9 Å². The first-order chi connectivity index (χ1) is 7.99. The molecule has 5 nitrogen and oxygen atoms in total. The van der Waals surface area contributed by atoms with Crippen LogP contribution in [0.15, 0.2) is 27.8 Å². The third-order valence-corrected chi connectivity index (χ3v) is 2.51. The molecule has 17 heavy (non-hydrogen) atoms. The maximum absolute atomic E-state index is 12.1. The van der Waals surface area contributed by atoms with Crippen LogP contribution in [0.1, 0.15) is 13.8 Å². The number of aromatic nitrogens is 2. The minimum atomic E-state index is -0.415. The van der Waals surface area contributed by atoms with E-state index in [1.807, 2.05) is 13.8 Å². The molecule has 1 aromatic carbocycles. The van der Waals surface area contributed by atoms with Crippen LogP contribution < -0.4 is 11.2 Å². The number of phenolic OH excluding ortho intramolecular Hbond substituents is 1. The zero-order valence-corrected chi connectivity index (χ0v) is 9.73. The molecule has 90 valence electrons. The summed E-state index contributed by atoms with van der Waals surface area (Å²) < 4.78 is 1.16. The van der Waals surface area contributed by atoms with E-state index >= 15 is 0 Å². The van der Waals surface area contributed by atoms with Crippen molar-refractivity contribution in [3.63, 3.8) is 0 Å². The van der Waals surface area contributed by atoms with Gasteiger partial charge in [0.1, 0.15) is 5.75 Å². The van der Waals surface area contributed by atoms with Crippen molar-refractivity contribution in [3.05, 3.63) is 39.0 Å². The fourth-order valence-electron chi connectivity index (χ4n) is 1.77. The highest BCUT2D eigenvalue weighted by atomic mass is 16.3. The zero-order chi connectivity index (χ0) is 12.6. The summed E-state index contributed by atoms with van der Waals surface area (Å²) in [6.45, 7) is 4.22. The van der Waals surface area contributed by atoms with Gasteiger partial charge in [-0.15, -0.1) is 0 Å². The summed E-state index contributed by atoms with van der Waals surface area (Å²) in [7, 11) is 0. The smallest absolute Gasteiger partial charge is 0.328 e. The van der Waals surface area contributed by atoms with E-state index in [1.165, 1.54) is 18.2 Å². The summed E-state index contributed by atoms with van der Waals surface area (Å²) >= 11 is 0. The topological polar surface area (TPSA) is 75.1 Å². The van der Waals surface area contributed by atoms with Crippen LogP contribution in [0.2, 0.25) is 0 Å². The fraction of sp³-hybridized carbons (Fsp3) is 0.333. The lowest BCUT2D eigenvalue weighted by Crippen LogP contribution is -2.36.